The highest BCUT2D eigenvalue weighted by molar-refractivity contribution is 8.01. The number of hydroxylamine groups is 1. The molecule has 2 fully saturated rings. The van der Waals surface area contributed by atoms with Crippen LogP contribution in [-0.2, 0) is 24.1 Å². The fourth-order valence-corrected chi connectivity index (χ4v) is 7.15. The number of thioether (sulfide) groups is 2. The van der Waals surface area contributed by atoms with Gasteiger partial charge in [-0.25, -0.2) is 9.78 Å². The van der Waals surface area contributed by atoms with Gasteiger partial charge in [0.15, 0.2) is 10.8 Å². The number of nitrogens with one attached hydrogen (secondary N) is 2. The quantitative estimate of drug-likeness (QED) is 0.0720. The summed E-state index contributed by atoms with van der Waals surface area (Å²) in [6.07, 6.45) is 7.82. The predicted molar refractivity (Wildman–Crippen MR) is 148 cm³/mol. The largest absolute Gasteiger partial charge is 1.00 e. The molecule has 2 aromatic heterocycles. The molecule has 0 unspecified atom stereocenters. The summed E-state index contributed by atoms with van der Waals surface area (Å²) in [5, 5.41) is 5.75. The summed E-state index contributed by atoms with van der Waals surface area (Å²) >= 11 is 4.30. The molecule has 1 saturated carbocycles. The Morgan fingerprint density at radius 1 is 1.30 bits per heavy atom. The van der Waals surface area contributed by atoms with Crippen LogP contribution in [0.4, 0.5) is 5.13 Å². The van der Waals surface area contributed by atoms with Gasteiger partial charge in [-0.05, 0) is 31.3 Å². The fraction of sp³-hybridized carbons (Fsp3) is 0.417. The normalized spacial score (nSPS) is 18.9. The zero-order valence-corrected chi connectivity index (χ0v) is 26.1. The van der Waals surface area contributed by atoms with E-state index in [1.807, 2.05) is 36.3 Å². The van der Waals surface area contributed by atoms with E-state index in [-0.39, 0.29) is 63.6 Å². The first-order valence-corrected chi connectivity index (χ1v) is 15.3. The van der Waals surface area contributed by atoms with Crippen LogP contribution in [0.2, 0.25) is 0 Å². The lowest BCUT2D eigenvalue weighted by Gasteiger charge is -2.44. The molecule has 1 atom stereocenters. The third-order valence-electron chi connectivity index (χ3n) is 6.41. The number of thiazole rings is 1. The van der Waals surface area contributed by atoms with Crippen LogP contribution in [0.15, 0.2) is 51.2 Å². The number of halogens is 1. The van der Waals surface area contributed by atoms with Crippen molar-refractivity contribution in [2.24, 2.45) is 5.16 Å². The number of rotatable bonds is 9. The number of carbonyl (C=O) groups is 3. The monoisotopic (exact) mass is 717 g/mol. The summed E-state index contributed by atoms with van der Waals surface area (Å²) in [5.41, 5.74) is 11.9. The van der Waals surface area contributed by atoms with E-state index in [0.717, 1.165) is 47.5 Å². The lowest BCUT2D eigenvalue weighted by molar-refractivity contribution is -0.647. The van der Waals surface area contributed by atoms with Gasteiger partial charge in [0.1, 0.15) is 17.5 Å². The number of oxime groups is 1. The van der Waals surface area contributed by atoms with Crippen molar-refractivity contribution in [3.63, 3.8) is 0 Å². The van der Waals surface area contributed by atoms with E-state index >= 15 is 0 Å². The average Bonchev–Trinajstić information content (AvgIpc) is 3.62. The third-order valence-corrected chi connectivity index (χ3v) is 9.46. The zero-order chi connectivity index (χ0) is 27.4. The highest BCUT2D eigenvalue weighted by atomic mass is 127. The minimum atomic E-state index is -0.813. The van der Waals surface area contributed by atoms with Crippen molar-refractivity contribution in [3.8, 4) is 0 Å². The van der Waals surface area contributed by atoms with Gasteiger partial charge in [-0.3, -0.25) is 14.5 Å². The molecule has 16 heteroatoms. The Labute approximate surface area is 260 Å². The number of anilines is 1. The molecule has 3 aliphatic rings. The molecule has 1 saturated heterocycles. The maximum atomic E-state index is 13.2. The SMILES string of the molecule is CN[n+]1ccc(SCC2=C(C(=O)ONC(=O)/C(=N\OC3CCCC3)c3csc(N)n3)N3C(=O)C[C@@H]3SC2)cc1.[I-]. The summed E-state index contributed by atoms with van der Waals surface area (Å²) < 4.78 is 1.81. The molecule has 1 aliphatic carbocycles. The molecule has 4 N–H and O–H groups in total. The van der Waals surface area contributed by atoms with E-state index in [1.165, 1.54) is 4.90 Å². The maximum absolute atomic E-state index is 13.2. The first kappa shape index (κ1) is 30.4. The topological polar surface area (TPSA) is 152 Å². The van der Waals surface area contributed by atoms with Crippen LogP contribution in [0.1, 0.15) is 37.8 Å². The Morgan fingerprint density at radius 3 is 2.70 bits per heavy atom. The Bertz CT molecular complexity index is 1310. The Balaban J connectivity index is 0.00000370. The van der Waals surface area contributed by atoms with Crippen molar-refractivity contribution in [2.75, 3.05) is 29.7 Å². The number of hydrogen-bond acceptors (Lipinski definition) is 12. The number of nitrogens with zero attached hydrogens (tertiary/aromatic N) is 4. The zero-order valence-electron chi connectivity index (χ0n) is 21.5. The van der Waals surface area contributed by atoms with Gasteiger partial charge in [0.05, 0.1) is 18.8 Å². The van der Waals surface area contributed by atoms with Crippen molar-refractivity contribution in [3.05, 3.63) is 46.9 Å². The molecule has 0 aromatic carbocycles. The summed E-state index contributed by atoms with van der Waals surface area (Å²) in [5.74, 6) is -0.726. The van der Waals surface area contributed by atoms with Gasteiger partial charge >= 0.3 is 11.9 Å². The number of amides is 2. The van der Waals surface area contributed by atoms with Crippen LogP contribution >= 0.6 is 34.9 Å². The Hall–Kier alpha value is -2.57. The molecule has 2 aromatic rings. The minimum Gasteiger partial charge on any atom is -1.00 e. The standard InChI is InChI=1S/C24H27N7O5S3.HI/c1-26-30-8-6-16(7-9-30)37-11-14-12-38-19-10-18(32)31(19)21(14)23(34)36-29-22(33)20(17-13-39-24(25)27-17)28-35-15-4-2-3-5-15;/h6-9,13,15,19,26H,2-5,10-12H2,1H3,(H2-,25,27,29,33);1H/b28-20-;/t19-;/m0./s1. The van der Waals surface area contributed by atoms with E-state index in [9.17, 15) is 14.4 Å². The molecular formula is C24H28IN7O5S3. The number of pyridine rings is 1. The van der Waals surface area contributed by atoms with Crippen LogP contribution in [0.3, 0.4) is 0 Å². The van der Waals surface area contributed by atoms with E-state index in [0.29, 0.717) is 17.9 Å². The summed E-state index contributed by atoms with van der Waals surface area (Å²) in [4.78, 5) is 56.1. The molecule has 2 amide bonds. The lowest BCUT2D eigenvalue weighted by Crippen LogP contribution is -3.00. The van der Waals surface area contributed by atoms with Crippen LogP contribution in [0.25, 0.3) is 0 Å². The molecular weight excluding hydrogens is 689 g/mol. The van der Waals surface area contributed by atoms with E-state index in [1.54, 1.807) is 28.9 Å². The number of β-lactam (4-membered cyclic amide) rings is 1. The summed E-state index contributed by atoms with van der Waals surface area (Å²) in [6, 6.07) is 3.90. The number of nitrogen functional groups attached to an aromatic ring is 1. The highest BCUT2D eigenvalue weighted by Crippen LogP contribution is 2.41. The van der Waals surface area contributed by atoms with E-state index in [2.05, 4.69) is 21.0 Å². The molecule has 0 bridgehead atoms. The fourth-order valence-electron chi connectivity index (χ4n) is 4.32. The van der Waals surface area contributed by atoms with Crippen LogP contribution in [0, 0.1) is 0 Å². The van der Waals surface area contributed by atoms with Crippen molar-refractivity contribution in [1.82, 2.24) is 15.4 Å². The van der Waals surface area contributed by atoms with Gasteiger partial charge in [-0.15, -0.1) is 34.9 Å². The molecule has 2 aliphatic heterocycles. The Kier molecular flexibility index (Phi) is 10.5. The Morgan fingerprint density at radius 2 is 2.05 bits per heavy atom. The van der Waals surface area contributed by atoms with Gasteiger partial charge in [-0.1, -0.05) is 9.83 Å². The molecule has 40 heavy (non-hydrogen) atoms. The van der Waals surface area contributed by atoms with Crippen molar-refractivity contribution >= 4 is 63.5 Å². The molecule has 4 heterocycles. The number of hydrogen-bond donors (Lipinski definition) is 3. The second kappa shape index (κ2) is 13.9. The summed E-state index contributed by atoms with van der Waals surface area (Å²) in [7, 11) is 1.82. The molecule has 12 nitrogen and oxygen atoms in total. The molecule has 0 radical (unpaired) electrons. The first-order chi connectivity index (χ1) is 18.9. The van der Waals surface area contributed by atoms with Gasteiger partial charge in [0, 0.05) is 33.9 Å². The average molecular weight is 718 g/mol. The number of aromatic nitrogens is 2. The lowest BCUT2D eigenvalue weighted by atomic mass is 10.1. The van der Waals surface area contributed by atoms with Gasteiger partial charge in [-0.2, -0.15) is 10.9 Å². The van der Waals surface area contributed by atoms with Crippen molar-refractivity contribution in [2.45, 2.75) is 48.5 Å². The van der Waals surface area contributed by atoms with Crippen molar-refractivity contribution in [1.29, 1.82) is 0 Å². The summed E-state index contributed by atoms with van der Waals surface area (Å²) in [6.45, 7) is 0. The van der Waals surface area contributed by atoms with Gasteiger partial charge < -0.3 is 39.4 Å². The van der Waals surface area contributed by atoms with E-state index < -0.39 is 11.9 Å². The van der Waals surface area contributed by atoms with Crippen LogP contribution in [0.5, 0.6) is 0 Å². The molecule has 0 spiro atoms. The number of nitrogens with two attached hydrogens (primary N) is 1. The number of fused-ring (bicyclic) bond motifs is 1. The third kappa shape index (κ3) is 7.01. The molecule has 214 valence electrons. The first-order valence-electron chi connectivity index (χ1n) is 12.4. The smallest absolute Gasteiger partial charge is 0.379 e. The van der Waals surface area contributed by atoms with Crippen LogP contribution in [-0.4, -0.2) is 63.4 Å². The minimum absolute atomic E-state index is 0. The predicted octanol–water partition coefficient (Wildman–Crippen LogP) is -1.22. The maximum Gasteiger partial charge on any atom is 0.379 e. The van der Waals surface area contributed by atoms with Crippen LogP contribution < -0.4 is 45.3 Å². The van der Waals surface area contributed by atoms with Crippen molar-refractivity contribution < 1.29 is 52.7 Å². The highest BCUT2D eigenvalue weighted by Gasteiger charge is 2.46. The molecule has 5 rings (SSSR count). The van der Waals surface area contributed by atoms with E-state index in [4.69, 9.17) is 15.4 Å². The van der Waals surface area contributed by atoms with Gasteiger partial charge in [0.2, 0.25) is 18.3 Å². The van der Waals surface area contributed by atoms with Gasteiger partial charge in [0.25, 0.3) is 0 Å². The second-order valence-electron chi connectivity index (χ2n) is 8.98. The second-order valence-corrected chi connectivity index (χ2v) is 12.1. The number of carbonyl (C=O) groups excluding carboxylic acids is 3.